The Balaban J connectivity index is 1.83. The fraction of sp³-hybridized carbons (Fsp3) is 0.786. The first kappa shape index (κ1) is 12.6. The molecule has 100 valence electrons. The van der Waals surface area contributed by atoms with Crippen LogP contribution in [0.25, 0.3) is 0 Å². The van der Waals surface area contributed by atoms with Crippen LogP contribution in [0.5, 0.6) is 0 Å². The molecule has 4 heteroatoms. The van der Waals surface area contributed by atoms with E-state index < -0.39 is 0 Å². The van der Waals surface area contributed by atoms with Gasteiger partial charge in [0.2, 0.25) is 0 Å². The molecular weight excluding hydrogens is 242 g/mol. The van der Waals surface area contributed by atoms with Gasteiger partial charge in [-0.25, -0.2) is 4.98 Å². The van der Waals surface area contributed by atoms with Gasteiger partial charge in [0.05, 0.1) is 17.2 Å². The third-order valence-corrected chi connectivity index (χ3v) is 5.33. The van der Waals surface area contributed by atoms with E-state index in [9.17, 15) is 0 Å². The summed E-state index contributed by atoms with van der Waals surface area (Å²) in [7, 11) is 0. The van der Waals surface area contributed by atoms with Gasteiger partial charge in [-0.3, -0.25) is 4.90 Å². The summed E-state index contributed by atoms with van der Waals surface area (Å²) in [6, 6.07) is 0.469. The summed E-state index contributed by atoms with van der Waals surface area (Å²) in [6.45, 7) is 5.78. The number of nitrogens with one attached hydrogen (secondary N) is 1. The lowest BCUT2D eigenvalue weighted by Gasteiger charge is -2.52. The van der Waals surface area contributed by atoms with E-state index in [4.69, 9.17) is 0 Å². The first-order valence-corrected chi connectivity index (χ1v) is 8.12. The number of hydrogen-bond acceptors (Lipinski definition) is 4. The third kappa shape index (κ3) is 2.22. The Morgan fingerprint density at radius 1 is 1.39 bits per heavy atom. The summed E-state index contributed by atoms with van der Waals surface area (Å²) in [6.07, 6.45) is 6.91. The van der Waals surface area contributed by atoms with E-state index in [1.807, 2.05) is 5.51 Å². The summed E-state index contributed by atoms with van der Waals surface area (Å²) in [5.74, 6) is 0. The van der Waals surface area contributed by atoms with Crippen LogP contribution in [0.4, 0.5) is 0 Å². The lowest BCUT2D eigenvalue weighted by Crippen LogP contribution is -2.62. The maximum Gasteiger partial charge on any atom is 0.0795 e. The summed E-state index contributed by atoms with van der Waals surface area (Å²) in [5, 5.41) is 5.83. The second-order valence-corrected chi connectivity index (χ2v) is 6.46. The van der Waals surface area contributed by atoms with E-state index in [1.165, 1.54) is 50.9 Å². The monoisotopic (exact) mass is 265 g/mol. The first-order chi connectivity index (χ1) is 8.82. The number of piperazine rings is 1. The largest absolute Gasteiger partial charge is 0.314 e. The molecule has 1 N–H and O–H groups in total. The minimum absolute atomic E-state index is 0.402. The van der Waals surface area contributed by atoms with Crippen LogP contribution in [0.15, 0.2) is 10.9 Å². The molecule has 2 fully saturated rings. The Labute approximate surface area is 114 Å². The van der Waals surface area contributed by atoms with Crippen LogP contribution < -0.4 is 5.32 Å². The van der Waals surface area contributed by atoms with Gasteiger partial charge in [0.1, 0.15) is 0 Å². The maximum atomic E-state index is 4.53. The van der Waals surface area contributed by atoms with Crippen LogP contribution in [-0.4, -0.2) is 35.1 Å². The molecule has 1 aliphatic heterocycles. The molecule has 3 rings (SSSR count). The van der Waals surface area contributed by atoms with E-state index in [0.717, 1.165) is 6.54 Å². The highest BCUT2D eigenvalue weighted by atomic mass is 32.1. The van der Waals surface area contributed by atoms with Crippen molar-refractivity contribution in [1.29, 1.82) is 0 Å². The van der Waals surface area contributed by atoms with Crippen molar-refractivity contribution in [2.24, 2.45) is 0 Å². The van der Waals surface area contributed by atoms with Crippen molar-refractivity contribution in [3.05, 3.63) is 16.6 Å². The Morgan fingerprint density at radius 2 is 2.22 bits per heavy atom. The third-order valence-electron chi connectivity index (χ3n) is 4.72. The maximum absolute atomic E-state index is 4.53. The first-order valence-electron chi connectivity index (χ1n) is 7.17. The Hall–Kier alpha value is -0.450. The number of aromatic nitrogens is 1. The lowest BCUT2D eigenvalue weighted by molar-refractivity contribution is -0.00383. The standard InChI is InChI=1S/C14H23N3S/c1-12(13-9-18-11-16-13)17-8-7-15-10-14(17)5-3-2-4-6-14/h9,11-12,15H,2-8,10H2,1H3. The average molecular weight is 265 g/mol. The van der Waals surface area contributed by atoms with Crippen LogP contribution in [0.1, 0.15) is 50.8 Å². The molecule has 1 saturated carbocycles. The molecule has 1 atom stereocenters. The van der Waals surface area contributed by atoms with Gasteiger partial charge in [-0.05, 0) is 19.8 Å². The van der Waals surface area contributed by atoms with Crippen LogP contribution in [0.2, 0.25) is 0 Å². The predicted octanol–water partition coefficient (Wildman–Crippen LogP) is 2.81. The highest BCUT2D eigenvalue weighted by Gasteiger charge is 2.42. The van der Waals surface area contributed by atoms with Gasteiger partial charge in [0, 0.05) is 30.6 Å². The summed E-state index contributed by atoms with van der Waals surface area (Å²) >= 11 is 1.71. The van der Waals surface area contributed by atoms with Crippen LogP contribution in [0.3, 0.4) is 0 Å². The molecule has 18 heavy (non-hydrogen) atoms. The smallest absolute Gasteiger partial charge is 0.0795 e. The topological polar surface area (TPSA) is 28.2 Å². The Morgan fingerprint density at radius 3 is 2.94 bits per heavy atom. The van der Waals surface area contributed by atoms with E-state index >= 15 is 0 Å². The molecule has 0 radical (unpaired) electrons. The highest BCUT2D eigenvalue weighted by Crippen LogP contribution is 2.39. The second-order valence-electron chi connectivity index (χ2n) is 5.74. The van der Waals surface area contributed by atoms with E-state index in [2.05, 4.69) is 27.5 Å². The quantitative estimate of drug-likeness (QED) is 0.891. The molecule has 0 bridgehead atoms. The number of hydrogen-bond donors (Lipinski definition) is 1. The molecule has 1 saturated heterocycles. The molecule has 2 heterocycles. The molecule has 2 aliphatic rings. The zero-order valence-corrected chi connectivity index (χ0v) is 12.0. The minimum Gasteiger partial charge on any atom is -0.314 e. The molecule has 1 aromatic heterocycles. The molecule has 1 spiro atoms. The summed E-state index contributed by atoms with van der Waals surface area (Å²) in [5.41, 5.74) is 3.62. The minimum atomic E-state index is 0.402. The van der Waals surface area contributed by atoms with E-state index in [1.54, 1.807) is 11.3 Å². The van der Waals surface area contributed by atoms with E-state index in [-0.39, 0.29) is 0 Å². The number of nitrogens with zero attached hydrogens (tertiary/aromatic N) is 2. The van der Waals surface area contributed by atoms with Gasteiger partial charge >= 0.3 is 0 Å². The average Bonchev–Trinajstić information content (AvgIpc) is 2.93. The number of thiazole rings is 1. The van der Waals surface area contributed by atoms with Crippen LogP contribution in [0, 0.1) is 0 Å². The fourth-order valence-electron chi connectivity index (χ4n) is 3.73. The Kier molecular flexibility index (Phi) is 3.68. The van der Waals surface area contributed by atoms with Crippen molar-refractivity contribution < 1.29 is 0 Å². The zero-order chi connectivity index (χ0) is 12.4. The highest BCUT2D eigenvalue weighted by molar-refractivity contribution is 7.07. The zero-order valence-electron chi connectivity index (χ0n) is 11.2. The van der Waals surface area contributed by atoms with Gasteiger partial charge < -0.3 is 5.32 Å². The van der Waals surface area contributed by atoms with Crippen molar-refractivity contribution in [1.82, 2.24) is 15.2 Å². The molecule has 1 unspecified atom stereocenters. The molecule has 1 aromatic rings. The Bertz CT molecular complexity index is 362. The molecule has 1 aliphatic carbocycles. The van der Waals surface area contributed by atoms with Crippen molar-refractivity contribution in [2.45, 2.75) is 50.6 Å². The van der Waals surface area contributed by atoms with Crippen molar-refractivity contribution >= 4 is 11.3 Å². The van der Waals surface area contributed by atoms with Gasteiger partial charge in [-0.2, -0.15) is 0 Å². The van der Waals surface area contributed by atoms with Crippen molar-refractivity contribution in [3.8, 4) is 0 Å². The fourth-order valence-corrected chi connectivity index (χ4v) is 4.37. The molecule has 0 amide bonds. The van der Waals surface area contributed by atoms with Gasteiger partial charge in [-0.1, -0.05) is 19.3 Å². The second kappa shape index (κ2) is 5.27. The van der Waals surface area contributed by atoms with Gasteiger partial charge in [-0.15, -0.1) is 11.3 Å². The van der Waals surface area contributed by atoms with Crippen molar-refractivity contribution in [3.63, 3.8) is 0 Å². The van der Waals surface area contributed by atoms with Crippen LogP contribution in [-0.2, 0) is 0 Å². The molecule has 3 nitrogen and oxygen atoms in total. The van der Waals surface area contributed by atoms with Crippen molar-refractivity contribution in [2.75, 3.05) is 19.6 Å². The SMILES string of the molecule is CC(c1cscn1)N1CCNCC12CCCCC2. The normalized spacial score (nSPS) is 26.3. The summed E-state index contributed by atoms with van der Waals surface area (Å²) < 4.78 is 0. The van der Waals surface area contributed by atoms with Gasteiger partial charge in [0.15, 0.2) is 0 Å². The molecule has 0 aromatic carbocycles. The summed E-state index contributed by atoms with van der Waals surface area (Å²) in [4.78, 5) is 7.26. The predicted molar refractivity (Wildman–Crippen MR) is 75.9 cm³/mol. The van der Waals surface area contributed by atoms with Gasteiger partial charge in [0.25, 0.3) is 0 Å². The van der Waals surface area contributed by atoms with Crippen LogP contribution >= 0.6 is 11.3 Å². The number of rotatable bonds is 2. The lowest BCUT2D eigenvalue weighted by atomic mass is 9.78. The molecular formula is C14H23N3S. The van der Waals surface area contributed by atoms with E-state index in [0.29, 0.717) is 11.6 Å².